The summed E-state index contributed by atoms with van der Waals surface area (Å²) in [6.07, 6.45) is -3.54. The van der Waals surface area contributed by atoms with Gasteiger partial charge in [-0.25, -0.2) is 0 Å². The molecule has 0 unspecified atom stereocenters. The maximum absolute atomic E-state index is 13.0. The SMILES string of the molecule is COc1c(O[C@@H]2OC[C@@H](O)[C@H](O)[C@H]2O)ccc2c1CC(=O)C(NC(=O)c1ccc(O)c(CC=C(C)C)c1)=C2O. The molecular weight excluding hydrogens is 510 g/mol. The summed E-state index contributed by atoms with van der Waals surface area (Å²) in [5.74, 6) is -1.48. The number of hydrogen-bond donors (Lipinski definition) is 6. The highest BCUT2D eigenvalue weighted by molar-refractivity contribution is 6.10. The predicted octanol–water partition coefficient (Wildman–Crippen LogP) is 1.51. The fourth-order valence-corrected chi connectivity index (χ4v) is 4.36. The van der Waals surface area contributed by atoms with Crippen LogP contribution in [0.25, 0.3) is 5.76 Å². The van der Waals surface area contributed by atoms with E-state index in [0.717, 1.165) is 5.57 Å². The van der Waals surface area contributed by atoms with E-state index in [0.29, 0.717) is 12.0 Å². The van der Waals surface area contributed by atoms with E-state index in [9.17, 15) is 35.1 Å². The molecule has 2 aromatic carbocycles. The molecule has 0 saturated carbocycles. The molecular formula is C28H31NO10. The summed E-state index contributed by atoms with van der Waals surface area (Å²) in [6, 6.07) is 7.22. The third-order valence-corrected chi connectivity index (χ3v) is 6.54. The van der Waals surface area contributed by atoms with Crippen LogP contribution in [-0.2, 0) is 22.4 Å². The van der Waals surface area contributed by atoms with E-state index in [-0.39, 0.29) is 52.7 Å². The van der Waals surface area contributed by atoms with E-state index in [1.807, 2.05) is 19.9 Å². The Kier molecular flexibility index (Phi) is 8.26. The first-order valence-corrected chi connectivity index (χ1v) is 12.3. The molecule has 0 radical (unpaired) electrons. The molecule has 1 aliphatic heterocycles. The number of Topliss-reactive ketones (excluding diaryl/α,β-unsaturated/α-hetero) is 1. The molecule has 0 spiro atoms. The molecule has 208 valence electrons. The summed E-state index contributed by atoms with van der Waals surface area (Å²) in [6.45, 7) is 3.57. The highest BCUT2D eigenvalue weighted by atomic mass is 16.7. The topological polar surface area (TPSA) is 175 Å². The van der Waals surface area contributed by atoms with Gasteiger partial charge in [0.1, 0.15) is 35.5 Å². The summed E-state index contributed by atoms with van der Waals surface area (Å²) in [7, 11) is 1.33. The lowest BCUT2D eigenvalue weighted by molar-refractivity contribution is -0.242. The number of carbonyl (C=O) groups excluding carboxylic acids is 2. The zero-order chi connectivity index (χ0) is 28.4. The van der Waals surface area contributed by atoms with Crippen LogP contribution in [0.5, 0.6) is 17.2 Å². The van der Waals surface area contributed by atoms with Crippen LogP contribution in [0.3, 0.4) is 0 Å². The Labute approximate surface area is 224 Å². The van der Waals surface area contributed by atoms with Crippen molar-refractivity contribution in [3.05, 3.63) is 69.9 Å². The van der Waals surface area contributed by atoms with Crippen LogP contribution in [0.15, 0.2) is 47.7 Å². The molecule has 0 bridgehead atoms. The molecule has 1 fully saturated rings. The number of methoxy groups -OCH3 is 1. The molecule has 11 nitrogen and oxygen atoms in total. The minimum atomic E-state index is -1.55. The van der Waals surface area contributed by atoms with Crippen molar-refractivity contribution < 1.29 is 49.3 Å². The van der Waals surface area contributed by atoms with E-state index >= 15 is 0 Å². The van der Waals surface area contributed by atoms with Crippen molar-refractivity contribution >= 4 is 17.4 Å². The van der Waals surface area contributed by atoms with Crippen LogP contribution < -0.4 is 14.8 Å². The van der Waals surface area contributed by atoms with Crippen LogP contribution in [0.2, 0.25) is 0 Å². The van der Waals surface area contributed by atoms with Gasteiger partial charge in [0, 0.05) is 23.1 Å². The Hall–Kier alpha value is -3.90. The fourth-order valence-electron chi connectivity index (χ4n) is 4.36. The second kappa shape index (κ2) is 11.5. The summed E-state index contributed by atoms with van der Waals surface area (Å²) in [5.41, 5.74) is 2.01. The van der Waals surface area contributed by atoms with Gasteiger partial charge in [-0.1, -0.05) is 11.6 Å². The molecule has 1 saturated heterocycles. The van der Waals surface area contributed by atoms with Crippen LogP contribution in [0.4, 0.5) is 0 Å². The molecule has 39 heavy (non-hydrogen) atoms. The Morgan fingerprint density at radius 1 is 1.13 bits per heavy atom. The van der Waals surface area contributed by atoms with Gasteiger partial charge >= 0.3 is 0 Å². The number of hydrogen-bond acceptors (Lipinski definition) is 10. The fraction of sp³-hybridized carbons (Fsp3) is 0.357. The molecule has 1 heterocycles. The number of aliphatic hydroxyl groups excluding tert-OH is 4. The molecule has 4 atom stereocenters. The van der Waals surface area contributed by atoms with E-state index in [2.05, 4.69) is 5.32 Å². The maximum atomic E-state index is 13.0. The zero-order valence-electron chi connectivity index (χ0n) is 21.7. The lowest BCUT2D eigenvalue weighted by atomic mass is 9.91. The molecule has 1 amide bonds. The number of phenols is 1. The van der Waals surface area contributed by atoms with E-state index in [4.69, 9.17) is 14.2 Å². The first-order chi connectivity index (χ1) is 18.5. The lowest BCUT2D eigenvalue weighted by Crippen LogP contribution is -2.54. The quantitative estimate of drug-likeness (QED) is 0.282. The van der Waals surface area contributed by atoms with Crippen molar-refractivity contribution in [2.24, 2.45) is 0 Å². The van der Waals surface area contributed by atoms with Crippen molar-refractivity contribution in [1.29, 1.82) is 0 Å². The largest absolute Gasteiger partial charge is 0.508 e. The predicted molar refractivity (Wildman–Crippen MR) is 138 cm³/mol. The average molecular weight is 542 g/mol. The maximum Gasteiger partial charge on any atom is 0.255 e. The van der Waals surface area contributed by atoms with Crippen molar-refractivity contribution in [1.82, 2.24) is 5.32 Å². The average Bonchev–Trinajstić information content (AvgIpc) is 2.90. The number of nitrogens with one attached hydrogen (secondary N) is 1. The summed E-state index contributed by atoms with van der Waals surface area (Å²) in [4.78, 5) is 26.0. The van der Waals surface area contributed by atoms with E-state index in [1.165, 1.54) is 37.4 Å². The highest BCUT2D eigenvalue weighted by Crippen LogP contribution is 2.40. The summed E-state index contributed by atoms with van der Waals surface area (Å²) >= 11 is 0. The Balaban J connectivity index is 1.60. The number of carbonyl (C=O) groups is 2. The first-order valence-electron chi connectivity index (χ1n) is 12.3. The molecule has 1 aliphatic carbocycles. The highest BCUT2D eigenvalue weighted by Gasteiger charge is 2.40. The van der Waals surface area contributed by atoms with Crippen molar-refractivity contribution in [2.45, 2.75) is 51.3 Å². The summed E-state index contributed by atoms with van der Waals surface area (Å²) < 4.78 is 16.4. The number of allylic oxidation sites excluding steroid dienone is 3. The Morgan fingerprint density at radius 3 is 2.56 bits per heavy atom. The number of aromatic hydroxyl groups is 1. The van der Waals surface area contributed by atoms with Gasteiger partial charge in [-0.05, 0) is 56.2 Å². The number of fused-ring (bicyclic) bond motifs is 1. The van der Waals surface area contributed by atoms with Crippen LogP contribution in [0, 0.1) is 0 Å². The van der Waals surface area contributed by atoms with Gasteiger partial charge in [0.2, 0.25) is 6.29 Å². The standard InChI is InChI=1S/C28H31NO10/c1-13(2)4-5-14-10-15(6-8-18(14)30)27(36)29-22-19(31)11-17-16(23(22)33)7-9-21(26(17)37-3)39-28-25(35)24(34)20(32)12-38-28/h4,6-10,20,24-25,28,30,32-35H,5,11-12H2,1-3H3,(H,29,36)/t20-,24+,25-,28+/m1/s1. The van der Waals surface area contributed by atoms with Gasteiger partial charge in [0.05, 0.1) is 13.7 Å². The number of rotatable bonds is 7. The van der Waals surface area contributed by atoms with Gasteiger partial charge in [0.15, 0.2) is 17.3 Å². The van der Waals surface area contributed by atoms with Crippen molar-refractivity contribution in [2.75, 3.05) is 13.7 Å². The Morgan fingerprint density at radius 2 is 1.87 bits per heavy atom. The molecule has 0 aromatic heterocycles. The third-order valence-electron chi connectivity index (χ3n) is 6.54. The van der Waals surface area contributed by atoms with Gasteiger partial charge in [-0.2, -0.15) is 0 Å². The molecule has 2 aliphatic rings. The van der Waals surface area contributed by atoms with Gasteiger partial charge in [-0.15, -0.1) is 0 Å². The van der Waals surface area contributed by atoms with Crippen LogP contribution in [0.1, 0.15) is 40.9 Å². The van der Waals surface area contributed by atoms with Crippen LogP contribution in [-0.4, -0.2) is 75.5 Å². The third kappa shape index (κ3) is 5.76. The van der Waals surface area contributed by atoms with Gasteiger partial charge in [-0.3, -0.25) is 9.59 Å². The smallest absolute Gasteiger partial charge is 0.255 e. The molecule has 11 heteroatoms. The van der Waals surface area contributed by atoms with Crippen LogP contribution >= 0.6 is 0 Å². The first kappa shape index (κ1) is 28.1. The van der Waals surface area contributed by atoms with E-state index < -0.39 is 42.1 Å². The molecule has 6 N–H and O–H groups in total. The van der Waals surface area contributed by atoms with Crippen molar-refractivity contribution in [3.63, 3.8) is 0 Å². The van der Waals surface area contributed by atoms with Gasteiger partial charge < -0.3 is 45.1 Å². The Bertz CT molecular complexity index is 1340. The normalized spacial score (nSPS) is 22.7. The second-order valence-electron chi connectivity index (χ2n) is 9.60. The van der Waals surface area contributed by atoms with Gasteiger partial charge in [0.25, 0.3) is 5.91 Å². The minimum Gasteiger partial charge on any atom is -0.508 e. The molecule has 4 rings (SSSR count). The number of phenolic OH excluding ortho intramolecular Hbond substituents is 1. The monoisotopic (exact) mass is 541 g/mol. The van der Waals surface area contributed by atoms with Crippen molar-refractivity contribution in [3.8, 4) is 17.2 Å². The molecule has 2 aromatic rings. The number of amides is 1. The number of aliphatic hydroxyl groups is 4. The number of ketones is 1. The lowest BCUT2D eigenvalue weighted by Gasteiger charge is -2.35. The number of ether oxygens (including phenoxy) is 3. The minimum absolute atomic E-state index is 0.0377. The zero-order valence-corrected chi connectivity index (χ0v) is 21.7. The second-order valence-corrected chi connectivity index (χ2v) is 9.60. The summed E-state index contributed by atoms with van der Waals surface area (Å²) in [5, 5.41) is 53.3. The van der Waals surface area contributed by atoms with E-state index in [1.54, 1.807) is 0 Å². The number of benzene rings is 2.